The fourth-order valence-corrected chi connectivity index (χ4v) is 3.73. The van der Waals surface area contributed by atoms with E-state index < -0.39 is 0 Å². The molecule has 1 aromatic carbocycles. The fourth-order valence-electron chi connectivity index (χ4n) is 3.47. The molecule has 6 nitrogen and oxygen atoms in total. The van der Waals surface area contributed by atoms with E-state index in [4.69, 9.17) is 12.2 Å². The summed E-state index contributed by atoms with van der Waals surface area (Å²) >= 11 is 5.36. The van der Waals surface area contributed by atoms with Gasteiger partial charge in [-0.3, -0.25) is 9.59 Å². The molecule has 2 amide bonds. The monoisotopic (exact) mass is 374 g/mol. The van der Waals surface area contributed by atoms with Gasteiger partial charge in [0.15, 0.2) is 5.11 Å². The maximum Gasteiger partial charge on any atom is 0.245 e. The lowest BCUT2D eigenvalue weighted by molar-refractivity contribution is -0.140. The van der Waals surface area contributed by atoms with Crippen molar-refractivity contribution in [3.63, 3.8) is 0 Å². The molecular weight excluding hydrogens is 348 g/mol. The second kappa shape index (κ2) is 8.98. The summed E-state index contributed by atoms with van der Waals surface area (Å²) in [4.78, 5) is 28.9. The predicted molar refractivity (Wildman–Crippen MR) is 106 cm³/mol. The number of hydrogen-bond donors (Lipinski definition) is 2. The van der Waals surface area contributed by atoms with E-state index in [-0.39, 0.29) is 24.4 Å². The first kappa shape index (κ1) is 18.6. The largest absolute Gasteiger partial charge is 0.351 e. The summed E-state index contributed by atoms with van der Waals surface area (Å²) < 4.78 is 0. The van der Waals surface area contributed by atoms with Gasteiger partial charge < -0.3 is 20.4 Å². The van der Waals surface area contributed by atoms with Crippen LogP contribution in [0.3, 0.4) is 0 Å². The van der Waals surface area contributed by atoms with Crippen LogP contribution in [-0.2, 0) is 9.59 Å². The molecule has 2 aliphatic heterocycles. The van der Waals surface area contributed by atoms with Crippen molar-refractivity contribution in [1.82, 2.24) is 15.1 Å². The second-order valence-corrected chi connectivity index (χ2v) is 7.27. The standard InChI is InChI=1S/C19H26N4O2S/c24-17(22-11-6-7-12-22)14-23-13-5-4-10-16(18(23)25)21-19(26)20-15-8-2-1-3-9-15/h1-3,8-9,16H,4-7,10-14H2,(H2,20,21,26). The highest BCUT2D eigenvalue weighted by Crippen LogP contribution is 2.15. The molecule has 3 rings (SSSR count). The minimum atomic E-state index is -0.382. The summed E-state index contributed by atoms with van der Waals surface area (Å²) in [6, 6.07) is 9.24. The zero-order valence-electron chi connectivity index (χ0n) is 14.9. The van der Waals surface area contributed by atoms with Crippen LogP contribution in [0.1, 0.15) is 32.1 Å². The fraction of sp³-hybridized carbons (Fsp3) is 0.526. The van der Waals surface area contributed by atoms with E-state index in [9.17, 15) is 9.59 Å². The van der Waals surface area contributed by atoms with Gasteiger partial charge in [0, 0.05) is 25.3 Å². The van der Waals surface area contributed by atoms with Gasteiger partial charge in [-0.1, -0.05) is 18.2 Å². The Kier molecular flexibility index (Phi) is 6.44. The highest BCUT2D eigenvalue weighted by atomic mass is 32.1. The zero-order valence-corrected chi connectivity index (χ0v) is 15.8. The van der Waals surface area contributed by atoms with Crippen molar-refractivity contribution in [1.29, 1.82) is 0 Å². The number of para-hydroxylation sites is 1. The molecule has 140 valence electrons. The lowest BCUT2D eigenvalue weighted by Gasteiger charge is -2.27. The Morgan fingerprint density at radius 1 is 1.08 bits per heavy atom. The maximum atomic E-state index is 12.9. The molecule has 2 heterocycles. The number of likely N-dealkylation sites (tertiary alicyclic amines) is 2. The van der Waals surface area contributed by atoms with Crippen LogP contribution in [0, 0.1) is 0 Å². The number of nitrogens with one attached hydrogen (secondary N) is 2. The van der Waals surface area contributed by atoms with Gasteiger partial charge in [0.25, 0.3) is 0 Å². The Morgan fingerprint density at radius 2 is 1.77 bits per heavy atom. The zero-order chi connectivity index (χ0) is 18.4. The van der Waals surface area contributed by atoms with E-state index in [1.807, 2.05) is 35.2 Å². The third-order valence-electron chi connectivity index (χ3n) is 4.90. The van der Waals surface area contributed by atoms with Crippen molar-refractivity contribution < 1.29 is 9.59 Å². The highest BCUT2D eigenvalue weighted by Gasteiger charge is 2.30. The van der Waals surface area contributed by atoms with E-state index in [1.165, 1.54) is 0 Å². The van der Waals surface area contributed by atoms with Crippen LogP contribution in [0.25, 0.3) is 0 Å². The first-order valence-corrected chi connectivity index (χ1v) is 9.73. The average molecular weight is 375 g/mol. The number of thiocarbonyl (C=S) groups is 1. The normalized spacial score (nSPS) is 20.6. The van der Waals surface area contributed by atoms with Crippen molar-refractivity contribution in [3.8, 4) is 0 Å². The topological polar surface area (TPSA) is 64.7 Å². The number of rotatable bonds is 4. The quantitative estimate of drug-likeness (QED) is 0.789. The second-order valence-electron chi connectivity index (χ2n) is 6.86. The Balaban J connectivity index is 1.57. The van der Waals surface area contributed by atoms with E-state index in [1.54, 1.807) is 4.90 Å². The van der Waals surface area contributed by atoms with Crippen molar-refractivity contribution in [2.24, 2.45) is 0 Å². The van der Waals surface area contributed by atoms with Gasteiger partial charge in [0.1, 0.15) is 6.04 Å². The molecule has 1 atom stereocenters. The van der Waals surface area contributed by atoms with Gasteiger partial charge in [-0.25, -0.2) is 0 Å². The highest BCUT2D eigenvalue weighted by molar-refractivity contribution is 7.80. The maximum absolute atomic E-state index is 12.9. The lowest BCUT2D eigenvalue weighted by Crippen LogP contribution is -2.51. The van der Waals surface area contributed by atoms with Gasteiger partial charge in [-0.15, -0.1) is 0 Å². The van der Waals surface area contributed by atoms with Crippen molar-refractivity contribution in [2.75, 3.05) is 31.5 Å². The van der Waals surface area contributed by atoms with Crippen molar-refractivity contribution in [3.05, 3.63) is 30.3 Å². The lowest BCUT2D eigenvalue weighted by atomic mass is 10.1. The molecule has 1 unspecified atom stereocenters. The molecule has 0 spiro atoms. The minimum absolute atomic E-state index is 0.0349. The first-order chi connectivity index (χ1) is 12.6. The Morgan fingerprint density at radius 3 is 2.50 bits per heavy atom. The number of amides is 2. The van der Waals surface area contributed by atoms with Gasteiger partial charge in [0.05, 0.1) is 6.54 Å². The number of carbonyl (C=O) groups excluding carboxylic acids is 2. The van der Waals surface area contributed by atoms with Gasteiger partial charge in [-0.2, -0.15) is 0 Å². The molecule has 7 heteroatoms. The smallest absolute Gasteiger partial charge is 0.245 e. The number of carbonyl (C=O) groups is 2. The summed E-state index contributed by atoms with van der Waals surface area (Å²) in [5.41, 5.74) is 0.882. The summed E-state index contributed by atoms with van der Waals surface area (Å²) in [5, 5.41) is 6.67. The van der Waals surface area contributed by atoms with Gasteiger partial charge in [0.2, 0.25) is 11.8 Å². The summed E-state index contributed by atoms with van der Waals surface area (Å²) in [6.07, 6.45) is 4.69. The van der Waals surface area contributed by atoms with Crippen LogP contribution < -0.4 is 10.6 Å². The molecule has 1 aromatic rings. The Bertz CT molecular complexity index is 646. The van der Waals surface area contributed by atoms with Crippen LogP contribution in [0.5, 0.6) is 0 Å². The molecular formula is C19H26N4O2S. The molecule has 0 saturated carbocycles. The third kappa shape index (κ3) is 4.94. The van der Waals surface area contributed by atoms with E-state index in [0.717, 1.165) is 50.9 Å². The minimum Gasteiger partial charge on any atom is -0.351 e. The SMILES string of the molecule is O=C(CN1CCCCC(NC(=S)Nc2ccccc2)C1=O)N1CCCC1. The van der Waals surface area contributed by atoms with Crippen LogP contribution >= 0.6 is 12.2 Å². The Labute approximate surface area is 159 Å². The summed E-state index contributed by atoms with van der Waals surface area (Å²) in [6.45, 7) is 2.44. The van der Waals surface area contributed by atoms with Gasteiger partial charge >= 0.3 is 0 Å². The number of benzene rings is 1. The summed E-state index contributed by atoms with van der Waals surface area (Å²) in [7, 11) is 0. The van der Waals surface area contributed by atoms with Crippen LogP contribution in [-0.4, -0.2) is 58.9 Å². The molecule has 2 N–H and O–H groups in total. The van der Waals surface area contributed by atoms with E-state index in [2.05, 4.69) is 10.6 Å². The molecule has 2 aliphatic rings. The predicted octanol–water partition coefficient (Wildman–Crippen LogP) is 1.98. The van der Waals surface area contributed by atoms with E-state index in [0.29, 0.717) is 11.7 Å². The number of anilines is 1. The van der Waals surface area contributed by atoms with Crippen molar-refractivity contribution in [2.45, 2.75) is 38.1 Å². The van der Waals surface area contributed by atoms with Crippen LogP contribution in [0.15, 0.2) is 30.3 Å². The van der Waals surface area contributed by atoms with Crippen LogP contribution in [0.2, 0.25) is 0 Å². The Hall–Kier alpha value is -2.15. The molecule has 2 fully saturated rings. The van der Waals surface area contributed by atoms with Crippen LogP contribution in [0.4, 0.5) is 5.69 Å². The van der Waals surface area contributed by atoms with Crippen molar-refractivity contribution >= 4 is 34.8 Å². The van der Waals surface area contributed by atoms with Gasteiger partial charge in [-0.05, 0) is 56.5 Å². The van der Waals surface area contributed by atoms with E-state index >= 15 is 0 Å². The molecule has 0 aromatic heterocycles. The molecule has 2 saturated heterocycles. The summed E-state index contributed by atoms with van der Waals surface area (Å²) in [5.74, 6) is 0.0220. The third-order valence-corrected chi connectivity index (χ3v) is 5.12. The number of hydrogen-bond acceptors (Lipinski definition) is 3. The molecule has 0 bridgehead atoms. The first-order valence-electron chi connectivity index (χ1n) is 9.32. The molecule has 0 aliphatic carbocycles. The molecule has 26 heavy (non-hydrogen) atoms. The molecule has 0 radical (unpaired) electrons. The average Bonchev–Trinajstić information content (AvgIpc) is 3.13. The number of nitrogens with zero attached hydrogens (tertiary/aromatic N) is 2.